The number of sulfonamides is 1. The van der Waals surface area contributed by atoms with Gasteiger partial charge in [-0.05, 0) is 43.0 Å². The number of hydrogen-bond acceptors (Lipinski definition) is 3. The second kappa shape index (κ2) is 7.22. The van der Waals surface area contributed by atoms with Gasteiger partial charge in [-0.25, -0.2) is 12.7 Å². The summed E-state index contributed by atoms with van der Waals surface area (Å²) in [6.07, 6.45) is 3.23. The predicted octanol–water partition coefficient (Wildman–Crippen LogP) is 2.73. The van der Waals surface area contributed by atoms with Crippen LogP contribution in [-0.2, 0) is 16.6 Å². The van der Waals surface area contributed by atoms with Gasteiger partial charge in [-0.15, -0.1) is 6.58 Å². The lowest BCUT2D eigenvalue weighted by molar-refractivity contribution is 0.280. The van der Waals surface area contributed by atoms with Crippen LogP contribution in [0.1, 0.15) is 24.0 Å². The molecule has 0 saturated carbocycles. The second-order valence-corrected chi connectivity index (χ2v) is 7.05. The van der Waals surface area contributed by atoms with E-state index in [1.165, 1.54) is 17.4 Å². The van der Waals surface area contributed by atoms with Crippen LogP contribution >= 0.6 is 11.6 Å². The molecule has 0 heterocycles. The minimum absolute atomic E-state index is 0.148. The summed E-state index contributed by atoms with van der Waals surface area (Å²) in [7, 11) is -2.06. The van der Waals surface area contributed by atoms with Gasteiger partial charge in [-0.2, -0.15) is 0 Å². The highest BCUT2D eigenvalue weighted by Gasteiger charge is 2.24. The van der Waals surface area contributed by atoms with Crippen LogP contribution in [0.5, 0.6) is 0 Å². The first-order valence-corrected chi connectivity index (χ1v) is 8.13. The second-order valence-electron chi connectivity index (χ2n) is 4.60. The Morgan fingerprint density at radius 3 is 2.65 bits per heavy atom. The number of rotatable bonds is 7. The maximum atomic E-state index is 12.5. The number of aliphatic hydroxyl groups is 1. The Hall–Kier alpha value is -0.880. The summed E-state index contributed by atoms with van der Waals surface area (Å²) in [5.41, 5.74) is 1.06. The van der Waals surface area contributed by atoms with Gasteiger partial charge in [-0.1, -0.05) is 17.7 Å². The van der Waals surface area contributed by atoms with Gasteiger partial charge < -0.3 is 5.11 Å². The lowest BCUT2D eigenvalue weighted by Crippen LogP contribution is -2.28. The van der Waals surface area contributed by atoms with E-state index in [0.29, 0.717) is 29.1 Å². The molecule has 0 saturated heterocycles. The van der Waals surface area contributed by atoms with E-state index in [2.05, 4.69) is 6.58 Å². The average molecular weight is 318 g/mol. The van der Waals surface area contributed by atoms with Crippen LogP contribution in [0.2, 0.25) is 5.02 Å². The molecule has 0 aliphatic carbocycles. The zero-order valence-corrected chi connectivity index (χ0v) is 13.3. The Morgan fingerprint density at radius 1 is 1.45 bits per heavy atom. The summed E-state index contributed by atoms with van der Waals surface area (Å²) < 4.78 is 26.4. The molecule has 0 aromatic heterocycles. The first-order chi connectivity index (χ1) is 9.34. The molecule has 112 valence electrons. The Balaban J connectivity index is 3.15. The summed E-state index contributed by atoms with van der Waals surface area (Å²) in [6, 6.07) is 3.00. The van der Waals surface area contributed by atoms with Crippen molar-refractivity contribution in [3.05, 3.63) is 40.9 Å². The van der Waals surface area contributed by atoms with E-state index in [0.717, 1.165) is 6.42 Å². The fourth-order valence-corrected chi connectivity index (χ4v) is 3.69. The van der Waals surface area contributed by atoms with Gasteiger partial charge in [0.25, 0.3) is 0 Å². The molecule has 0 bridgehead atoms. The van der Waals surface area contributed by atoms with Crippen LogP contribution in [0.3, 0.4) is 0 Å². The smallest absolute Gasteiger partial charge is 0.243 e. The maximum absolute atomic E-state index is 12.5. The lowest BCUT2D eigenvalue weighted by Gasteiger charge is -2.19. The third-order valence-electron chi connectivity index (χ3n) is 3.17. The predicted molar refractivity (Wildman–Crippen MR) is 81.4 cm³/mol. The van der Waals surface area contributed by atoms with Crippen molar-refractivity contribution in [3.8, 4) is 0 Å². The number of aliphatic hydroxyl groups excluding tert-OH is 1. The fraction of sp³-hybridized carbons (Fsp3) is 0.429. The van der Waals surface area contributed by atoms with Crippen molar-refractivity contribution in [1.82, 2.24) is 4.31 Å². The Bertz CT molecular complexity index is 584. The topological polar surface area (TPSA) is 57.6 Å². The normalized spacial score (nSPS) is 11.8. The van der Waals surface area contributed by atoms with Crippen LogP contribution in [0, 0.1) is 6.92 Å². The summed E-state index contributed by atoms with van der Waals surface area (Å²) in [5.74, 6) is 0. The average Bonchev–Trinajstić information content (AvgIpc) is 2.40. The van der Waals surface area contributed by atoms with Gasteiger partial charge in [0.2, 0.25) is 10.0 Å². The fourth-order valence-electron chi connectivity index (χ4n) is 1.89. The molecule has 1 aromatic carbocycles. The van der Waals surface area contributed by atoms with E-state index < -0.39 is 10.0 Å². The molecule has 0 amide bonds. The highest BCUT2D eigenvalue weighted by Crippen LogP contribution is 2.26. The summed E-state index contributed by atoms with van der Waals surface area (Å²) in [5, 5.41) is 9.57. The maximum Gasteiger partial charge on any atom is 0.243 e. The van der Waals surface area contributed by atoms with Crippen LogP contribution in [0.4, 0.5) is 0 Å². The quantitative estimate of drug-likeness (QED) is 0.621. The number of hydrogen-bond donors (Lipinski definition) is 1. The van der Waals surface area contributed by atoms with Gasteiger partial charge in [0.15, 0.2) is 0 Å². The first-order valence-electron chi connectivity index (χ1n) is 6.31. The standard InChI is InChI=1S/C14H20ClNO3S/c1-4-5-6-7-16(3)20(18,19)14-9-13(15)8-12(10-17)11(14)2/h4,8-9,17H,1,5-7,10H2,2-3H3. The molecule has 20 heavy (non-hydrogen) atoms. The van der Waals surface area contributed by atoms with Crippen molar-refractivity contribution < 1.29 is 13.5 Å². The van der Waals surface area contributed by atoms with Crippen molar-refractivity contribution in [3.63, 3.8) is 0 Å². The van der Waals surface area contributed by atoms with Crippen LogP contribution in [0.15, 0.2) is 29.7 Å². The third kappa shape index (κ3) is 3.82. The number of unbranched alkanes of at least 4 members (excludes halogenated alkanes) is 1. The first kappa shape index (κ1) is 17.2. The van der Waals surface area contributed by atoms with Crippen molar-refractivity contribution >= 4 is 21.6 Å². The molecule has 0 aliphatic heterocycles. The van der Waals surface area contributed by atoms with E-state index in [9.17, 15) is 13.5 Å². The molecule has 0 aliphatic rings. The highest BCUT2D eigenvalue weighted by molar-refractivity contribution is 7.89. The van der Waals surface area contributed by atoms with Crippen LogP contribution < -0.4 is 0 Å². The number of benzene rings is 1. The van der Waals surface area contributed by atoms with Gasteiger partial charge in [-0.3, -0.25) is 0 Å². The molecule has 1 rings (SSSR count). The SMILES string of the molecule is C=CCCCN(C)S(=O)(=O)c1cc(Cl)cc(CO)c1C. The zero-order chi connectivity index (χ0) is 15.3. The molecule has 0 atom stereocenters. The largest absolute Gasteiger partial charge is 0.392 e. The molecular formula is C14H20ClNO3S. The van der Waals surface area contributed by atoms with E-state index >= 15 is 0 Å². The van der Waals surface area contributed by atoms with Gasteiger partial charge in [0, 0.05) is 18.6 Å². The van der Waals surface area contributed by atoms with Crippen molar-refractivity contribution in [1.29, 1.82) is 0 Å². The Labute approximate surface area is 125 Å². The third-order valence-corrected chi connectivity index (χ3v) is 5.37. The monoisotopic (exact) mass is 317 g/mol. The molecule has 6 heteroatoms. The lowest BCUT2D eigenvalue weighted by atomic mass is 10.1. The van der Waals surface area contributed by atoms with Crippen LogP contribution in [0.25, 0.3) is 0 Å². The minimum atomic E-state index is -3.60. The van der Waals surface area contributed by atoms with Crippen molar-refractivity contribution in [2.24, 2.45) is 0 Å². The highest BCUT2D eigenvalue weighted by atomic mass is 35.5. The number of halogens is 1. The Morgan fingerprint density at radius 2 is 2.10 bits per heavy atom. The molecule has 0 spiro atoms. The molecule has 0 fully saturated rings. The molecule has 0 radical (unpaired) electrons. The van der Waals surface area contributed by atoms with Crippen LogP contribution in [-0.4, -0.2) is 31.4 Å². The number of nitrogens with zero attached hydrogens (tertiary/aromatic N) is 1. The summed E-state index contributed by atoms with van der Waals surface area (Å²) in [4.78, 5) is 0.148. The molecule has 1 N–H and O–H groups in total. The zero-order valence-electron chi connectivity index (χ0n) is 11.8. The summed E-state index contributed by atoms with van der Waals surface area (Å²) in [6.45, 7) is 5.46. The summed E-state index contributed by atoms with van der Waals surface area (Å²) >= 11 is 5.93. The molecular weight excluding hydrogens is 298 g/mol. The molecule has 1 aromatic rings. The van der Waals surface area contributed by atoms with E-state index in [4.69, 9.17) is 11.6 Å². The molecule has 4 nitrogen and oxygen atoms in total. The van der Waals surface area contributed by atoms with Crippen molar-refractivity contribution in [2.45, 2.75) is 31.3 Å². The van der Waals surface area contributed by atoms with Gasteiger partial charge in [0.05, 0.1) is 11.5 Å². The molecule has 0 unspecified atom stereocenters. The van der Waals surface area contributed by atoms with E-state index in [1.54, 1.807) is 19.1 Å². The Kier molecular flexibility index (Phi) is 6.20. The van der Waals surface area contributed by atoms with E-state index in [-0.39, 0.29) is 11.5 Å². The number of allylic oxidation sites excluding steroid dienone is 1. The van der Waals surface area contributed by atoms with Gasteiger partial charge in [0.1, 0.15) is 0 Å². The minimum Gasteiger partial charge on any atom is -0.392 e. The van der Waals surface area contributed by atoms with Gasteiger partial charge >= 0.3 is 0 Å². The van der Waals surface area contributed by atoms with E-state index in [1.807, 2.05) is 0 Å². The van der Waals surface area contributed by atoms with Crippen molar-refractivity contribution in [2.75, 3.05) is 13.6 Å².